The molecule has 0 aromatic carbocycles. The average Bonchev–Trinajstić information content (AvgIpc) is 1.85. The van der Waals surface area contributed by atoms with Gasteiger partial charge in [-0.25, -0.2) is 0 Å². The summed E-state index contributed by atoms with van der Waals surface area (Å²) in [5.74, 6) is 0.707. The molecule has 0 fully saturated rings. The van der Waals surface area contributed by atoms with Crippen molar-refractivity contribution < 1.29 is 0 Å². The van der Waals surface area contributed by atoms with Crippen LogP contribution >= 0.6 is 11.6 Å². The maximum absolute atomic E-state index is 5.38. The second-order valence-corrected chi connectivity index (χ2v) is 2.88. The van der Waals surface area contributed by atoms with E-state index in [0.29, 0.717) is 11.9 Å². The molecule has 0 aliphatic heterocycles. The first-order valence-electron chi connectivity index (χ1n) is 3.98. The van der Waals surface area contributed by atoms with Crippen LogP contribution in [0.2, 0.25) is 0 Å². The van der Waals surface area contributed by atoms with Crippen molar-refractivity contribution in [2.24, 2.45) is 0 Å². The van der Waals surface area contributed by atoms with Gasteiger partial charge in [0.2, 0.25) is 0 Å². The first-order valence-corrected chi connectivity index (χ1v) is 4.51. The monoisotopic (exact) mass is 165 g/mol. The molecule has 0 amide bonds. The van der Waals surface area contributed by atoms with Gasteiger partial charge in [0.25, 0.3) is 0 Å². The van der Waals surface area contributed by atoms with Crippen LogP contribution in [0.15, 0.2) is 0 Å². The van der Waals surface area contributed by atoms with Crippen LogP contribution in [0.4, 0.5) is 0 Å². The molecule has 0 atom stereocenters. The summed E-state index contributed by atoms with van der Waals surface area (Å²) in [4.78, 5) is 0. The Balaban J connectivity index is 0. The third-order valence-corrected chi connectivity index (χ3v) is 0.836. The average molecular weight is 166 g/mol. The van der Waals surface area contributed by atoms with Gasteiger partial charge in [-0.3, -0.25) is 0 Å². The number of nitrogens with one attached hydrogen (secondary N) is 1. The van der Waals surface area contributed by atoms with Gasteiger partial charge in [-0.2, -0.15) is 0 Å². The molecule has 10 heavy (non-hydrogen) atoms. The molecule has 0 aliphatic carbocycles. The predicted octanol–water partition coefficient (Wildman–Crippen LogP) is 2.64. The molecule has 0 heterocycles. The molecule has 0 saturated heterocycles. The Morgan fingerprint density at radius 1 is 1.30 bits per heavy atom. The quantitative estimate of drug-likeness (QED) is 0.635. The summed E-state index contributed by atoms with van der Waals surface area (Å²) in [7, 11) is 0. The van der Waals surface area contributed by atoms with E-state index in [1.165, 1.54) is 6.42 Å². The van der Waals surface area contributed by atoms with Crippen molar-refractivity contribution in [3.05, 3.63) is 0 Å². The standard InChI is InChI=1S/C5H12ClN.C3H8/c1-5(2)7-4-3-6;1-3-2/h5,7H,3-4H2,1-2H3;3H2,1-2H3. The van der Waals surface area contributed by atoms with Gasteiger partial charge in [-0.05, 0) is 0 Å². The highest BCUT2D eigenvalue weighted by Crippen LogP contribution is 1.75. The van der Waals surface area contributed by atoms with E-state index in [0.717, 1.165) is 6.54 Å². The molecule has 0 aromatic heterocycles. The van der Waals surface area contributed by atoms with E-state index in [1.54, 1.807) is 0 Å². The van der Waals surface area contributed by atoms with Crippen molar-refractivity contribution in [1.82, 2.24) is 5.32 Å². The van der Waals surface area contributed by atoms with Gasteiger partial charge >= 0.3 is 0 Å². The fourth-order valence-corrected chi connectivity index (χ4v) is 0.452. The predicted molar refractivity (Wildman–Crippen MR) is 49.8 cm³/mol. The first kappa shape index (κ1) is 12.9. The van der Waals surface area contributed by atoms with Crippen molar-refractivity contribution in [2.75, 3.05) is 12.4 Å². The van der Waals surface area contributed by atoms with Crippen LogP contribution in [-0.2, 0) is 0 Å². The molecular weight excluding hydrogens is 146 g/mol. The highest BCUT2D eigenvalue weighted by atomic mass is 35.5. The lowest BCUT2D eigenvalue weighted by atomic mass is 10.4. The summed E-state index contributed by atoms with van der Waals surface area (Å²) in [5.41, 5.74) is 0. The highest BCUT2D eigenvalue weighted by Gasteiger charge is 1.86. The van der Waals surface area contributed by atoms with Gasteiger partial charge in [0, 0.05) is 18.5 Å². The van der Waals surface area contributed by atoms with Crippen molar-refractivity contribution >= 4 is 11.6 Å². The molecule has 0 saturated carbocycles. The van der Waals surface area contributed by atoms with Gasteiger partial charge in [0.05, 0.1) is 0 Å². The third kappa shape index (κ3) is 24.0. The molecule has 1 N–H and O–H groups in total. The molecule has 2 heteroatoms. The molecular formula is C8H20ClN. The molecule has 1 nitrogen and oxygen atoms in total. The Morgan fingerprint density at radius 3 is 1.80 bits per heavy atom. The molecule has 0 bridgehead atoms. The molecule has 0 rings (SSSR count). The van der Waals surface area contributed by atoms with Gasteiger partial charge in [-0.15, -0.1) is 11.6 Å². The lowest BCUT2D eigenvalue weighted by Crippen LogP contribution is -2.24. The maximum atomic E-state index is 5.38. The Morgan fingerprint density at radius 2 is 1.70 bits per heavy atom. The number of hydrogen-bond donors (Lipinski definition) is 1. The van der Waals surface area contributed by atoms with Crippen molar-refractivity contribution in [2.45, 2.75) is 40.2 Å². The Hall–Kier alpha value is 0.250. The van der Waals surface area contributed by atoms with Crippen LogP contribution in [0.5, 0.6) is 0 Å². The topological polar surface area (TPSA) is 12.0 Å². The number of hydrogen-bond acceptors (Lipinski definition) is 1. The second-order valence-electron chi connectivity index (χ2n) is 2.50. The van der Waals surface area contributed by atoms with E-state index >= 15 is 0 Å². The summed E-state index contributed by atoms with van der Waals surface area (Å²) < 4.78 is 0. The van der Waals surface area contributed by atoms with Crippen molar-refractivity contribution in [3.63, 3.8) is 0 Å². The van der Waals surface area contributed by atoms with E-state index in [4.69, 9.17) is 11.6 Å². The van der Waals surface area contributed by atoms with Gasteiger partial charge in [0.1, 0.15) is 0 Å². The maximum Gasteiger partial charge on any atom is 0.0348 e. The summed E-state index contributed by atoms with van der Waals surface area (Å²) >= 11 is 5.38. The minimum Gasteiger partial charge on any atom is -0.313 e. The van der Waals surface area contributed by atoms with Crippen LogP contribution in [0.25, 0.3) is 0 Å². The lowest BCUT2D eigenvalue weighted by Gasteiger charge is -2.02. The molecule has 0 aromatic rings. The van der Waals surface area contributed by atoms with E-state index in [2.05, 4.69) is 33.0 Å². The van der Waals surface area contributed by atoms with Crippen LogP contribution in [0.3, 0.4) is 0 Å². The minimum atomic E-state index is 0.568. The smallest absolute Gasteiger partial charge is 0.0348 e. The van der Waals surface area contributed by atoms with Gasteiger partial charge in [0.15, 0.2) is 0 Å². The second kappa shape index (κ2) is 12.0. The van der Waals surface area contributed by atoms with Crippen molar-refractivity contribution in [3.8, 4) is 0 Å². The van der Waals surface area contributed by atoms with Crippen LogP contribution in [0, 0.1) is 0 Å². The normalized spacial score (nSPS) is 9.00. The molecule has 0 unspecified atom stereocenters. The van der Waals surface area contributed by atoms with E-state index in [9.17, 15) is 0 Å². The lowest BCUT2D eigenvalue weighted by molar-refractivity contribution is 0.615. The Kier molecular flexibility index (Phi) is 15.4. The zero-order valence-electron chi connectivity index (χ0n) is 7.58. The van der Waals surface area contributed by atoms with Gasteiger partial charge < -0.3 is 5.32 Å². The van der Waals surface area contributed by atoms with Gasteiger partial charge in [-0.1, -0.05) is 34.1 Å². The van der Waals surface area contributed by atoms with E-state index in [1.807, 2.05) is 0 Å². The summed E-state index contributed by atoms with van der Waals surface area (Å²) in [5, 5.41) is 3.16. The van der Waals surface area contributed by atoms with E-state index < -0.39 is 0 Å². The Labute approximate surface area is 70.2 Å². The molecule has 0 radical (unpaired) electrons. The summed E-state index contributed by atoms with van der Waals surface area (Å²) in [6.07, 6.45) is 1.25. The molecule has 0 aliphatic rings. The minimum absolute atomic E-state index is 0.568. The van der Waals surface area contributed by atoms with Crippen LogP contribution < -0.4 is 5.32 Å². The van der Waals surface area contributed by atoms with E-state index in [-0.39, 0.29) is 0 Å². The molecule has 0 spiro atoms. The number of halogens is 1. The zero-order chi connectivity index (χ0) is 8.41. The first-order chi connectivity index (χ1) is 4.68. The zero-order valence-corrected chi connectivity index (χ0v) is 8.33. The molecule has 64 valence electrons. The largest absolute Gasteiger partial charge is 0.313 e. The van der Waals surface area contributed by atoms with Crippen LogP contribution in [-0.4, -0.2) is 18.5 Å². The Bertz CT molecular complexity index is 46.5. The highest BCUT2D eigenvalue weighted by molar-refractivity contribution is 6.18. The summed E-state index contributed by atoms with van der Waals surface area (Å²) in [6, 6.07) is 0.568. The van der Waals surface area contributed by atoms with Crippen LogP contribution in [0.1, 0.15) is 34.1 Å². The van der Waals surface area contributed by atoms with Crippen molar-refractivity contribution in [1.29, 1.82) is 0 Å². The fraction of sp³-hybridized carbons (Fsp3) is 1.00. The summed E-state index contributed by atoms with van der Waals surface area (Å²) in [6.45, 7) is 9.37. The number of rotatable bonds is 3. The fourth-order valence-electron chi connectivity index (χ4n) is 0.343. The number of alkyl halides is 1. The third-order valence-electron chi connectivity index (χ3n) is 0.647. The SMILES string of the molecule is CC(C)NCCCl.CCC.